The van der Waals surface area contributed by atoms with E-state index in [2.05, 4.69) is 20.9 Å². The minimum absolute atomic E-state index is 0.161. The van der Waals surface area contributed by atoms with E-state index in [0.29, 0.717) is 11.8 Å². The standard InChI is InChI=1S/C20H24FN3O/c21-17-3-1-14(2-4-17)9-15-5-7-24(8-6-15)20-12-19(22-13-23-20)16-10-18(25)11-16/h1-4,12-13,15-16,18,25H,5-11H2. The molecule has 1 aromatic carbocycles. The molecule has 0 spiro atoms. The second-order valence-corrected chi connectivity index (χ2v) is 7.38. The Hall–Kier alpha value is -2.01. The van der Waals surface area contributed by atoms with E-state index in [1.54, 1.807) is 18.5 Å². The van der Waals surface area contributed by atoms with Crippen molar-refractivity contribution in [3.8, 4) is 0 Å². The third-order valence-corrected chi connectivity index (χ3v) is 5.58. The van der Waals surface area contributed by atoms with Crippen LogP contribution >= 0.6 is 0 Å². The Labute approximate surface area is 147 Å². The number of anilines is 1. The monoisotopic (exact) mass is 341 g/mol. The SMILES string of the molecule is OC1CC(c2cc(N3CCC(Cc4ccc(F)cc4)CC3)ncn2)C1. The van der Waals surface area contributed by atoms with Crippen molar-refractivity contribution in [2.45, 2.75) is 44.1 Å². The molecule has 1 saturated carbocycles. The molecule has 2 fully saturated rings. The van der Waals surface area contributed by atoms with E-state index in [0.717, 1.165) is 56.7 Å². The van der Waals surface area contributed by atoms with Crippen LogP contribution in [-0.4, -0.2) is 34.3 Å². The summed E-state index contributed by atoms with van der Waals surface area (Å²) >= 11 is 0. The summed E-state index contributed by atoms with van der Waals surface area (Å²) in [6.07, 6.45) is 6.39. The third kappa shape index (κ3) is 3.82. The van der Waals surface area contributed by atoms with Gasteiger partial charge in [-0.1, -0.05) is 12.1 Å². The van der Waals surface area contributed by atoms with Crippen LogP contribution in [-0.2, 0) is 6.42 Å². The Morgan fingerprint density at radius 3 is 2.48 bits per heavy atom. The van der Waals surface area contributed by atoms with E-state index >= 15 is 0 Å². The van der Waals surface area contributed by atoms with Gasteiger partial charge >= 0.3 is 0 Å². The van der Waals surface area contributed by atoms with E-state index in [4.69, 9.17) is 0 Å². The Morgan fingerprint density at radius 2 is 1.80 bits per heavy atom. The first-order valence-electron chi connectivity index (χ1n) is 9.17. The third-order valence-electron chi connectivity index (χ3n) is 5.58. The average molecular weight is 341 g/mol. The summed E-state index contributed by atoms with van der Waals surface area (Å²) in [7, 11) is 0. The van der Waals surface area contributed by atoms with Crippen LogP contribution < -0.4 is 4.90 Å². The maximum Gasteiger partial charge on any atom is 0.132 e. The molecule has 1 N–H and O–H groups in total. The first kappa shape index (κ1) is 16.5. The Kier molecular flexibility index (Phi) is 4.66. The molecule has 0 amide bonds. The highest BCUT2D eigenvalue weighted by atomic mass is 19.1. The molecular formula is C20H24FN3O. The largest absolute Gasteiger partial charge is 0.393 e. The van der Waals surface area contributed by atoms with Crippen LogP contribution in [0.2, 0.25) is 0 Å². The maximum atomic E-state index is 13.0. The quantitative estimate of drug-likeness (QED) is 0.927. The van der Waals surface area contributed by atoms with Gasteiger partial charge in [0, 0.05) is 30.8 Å². The van der Waals surface area contributed by atoms with E-state index in [1.165, 1.54) is 5.56 Å². The van der Waals surface area contributed by atoms with Crippen LogP contribution in [0.15, 0.2) is 36.7 Å². The van der Waals surface area contributed by atoms with Crippen LogP contribution in [0.3, 0.4) is 0 Å². The number of hydrogen-bond donors (Lipinski definition) is 1. The summed E-state index contributed by atoms with van der Waals surface area (Å²) in [6.45, 7) is 1.99. The fraction of sp³-hybridized carbons (Fsp3) is 0.500. The van der Waals surface area contributed by atoms with E-state index in [-0.39, 0.29) is 11.9 Å². The zero-order valence-corrected chi connectivity index (χ0v) is 14.3. The molecule has 2 aliphatic rings. The van der Waals surface area contributed by atoms with Crippen molar-refractivity contribution in [1.29, 1.82) is 0 Å². The van der Waals surface area contributed by atoms with Crippen molar-refractivity contribution in [1.82, 2.24) is 9.97 Å². The number of rotatable bonds is 4. The number of piperidine rings is 1. The first-order chi connectivity index (χ1) is 12.2. The van der Waals surface area contributed by atoms with Crippen molar-refractivity contribution in [2.75, 3.05) is 18.0 Å². The molecule has 4 nitrogen and oxygen atoms in total. The lowest BCUT2D eigenvalue weighted by atomic mass is 9.80. The molecule has 1 saturated heterocycles. The molecule has 4 rings (SSSR count). The molecule has 0 atom stereocenters. The summed E-state index contributed by atoms with van der Waals surface area (Å²) in [6, 6.07) is 8.97. The van der Waals surface area contributed by atoms with Gasteiger partial charge in [-0.15, -0.1) is 0 Å². The van der Waals surface area contributed by atoms with Crippen LogP contribution in [0.1, 0.15) is 42.9 Å². The minimum atomic E-state index is -0.169. The van der Waals surface area contributed by atoms with E-state index in [1.807, 2.05) is 12.1 Å². The van der Waals surface area contributed by atoms with Gasteiger partial charge in [-0.05, 0) is 55.7 Å². The van der Waals surface area contributed by atoms with Crippen molar-refractivity contribution in [2.24, 2.45) is 5.92 Å². The predicted molar refractivity (Wildman–Crippen MR) is 95.1 cm³/mol. The molecular weight excluding hydrogens is 317 g/mol. The molecule has 0 radical (unpaired) electrons. The molecule has 1 aromatic heterocycles. The van der Waals surface area contributed by atoms with Gasteiger partial charge in [-0.25, -0.2) is 14.4 Å². The molecule has 132 valence electrons. The lowest BCUT2D eigenvalue weighted by Crippen LogP contribution is -2.35. The van der Waals surface area contributed by atoms with Crippen molar-refractivity contribution in [3.05, 3.63) is 53.7 Å². The number of nitrogens with zero attached hydrogens (tertiary/aromatic N) is 3. The number of aliphatic hydroxyl groups excluding tert-OH is 1. The maximum absolute atomic E-state index is 13.0. The predicted octanol–water partition coefficient (Wildman–Crippen LogP) is 3.31. The van der Waals surface area contributed by atoms with Gasteiger partial charge in [-0.3, -0.25) is 0 Å². The molecule has 25 heavy (non-hydrogen) atoms. The number of halogens is 1. The van der Waals surface area contributed by atoms with Crippen LogP contribution in [0.25, 0.3) is 0 Å². The van der Waals surface area contributed by atoms with Gasteiger partial charge in [0.25, 0.3) is 0 Å². The van der Waals surface area contributed by atoms with Gasteiger partial charge < -0.3 is 10.0 Å². The van der Waals surface area contributed by atoms with Crippen molar-refractivity contribution < 1.29 is 9.50 Å². The highest BCUT2D eigenvalue weighted by Gasteiger charge is 2.30. The lowest BCUT2D eigenvalue weighted by Gasteiger charge is -2.34. The van der Waals surface area contributed by atoms with Gasteiger partial charge in [0.2, 0.25) is 0 Å². The molecule has 0 bridgehead atoms. The van der Waals surface area contributed by atoms with Crippen LogP contribution in [0.5, 0.6) is 0 Å². The highest BCUT2D eigenvalue weighted by molar-refractivity contribution is 5.40. The van der Waals surface area contributed by atoms with Gasteiger partial charge in [-0.2, -0.15) is 0 Å². The second-order valence-electron chi connectivity index (χ2n) is 7.38. The molecule has 5 heteroatoms. The minimum Gasteiger partial charge on any atom is -0.393 e. The molecule has 0 unspecified atom stereocenters. The van der Waals surface area contributed by atoms with Gasteiger partial charge in [0.05, 0.1) is 6.10 Å². The Bertz CT molecular complexity index is 707. The number of aliphatic hydroxyl groups is 1. The summed E-state index contributed by atoms with van der Waals surface area (Å²) in [5.41, 5.74) is 2.27. The van der Waals surface area contributed by atoms with Crippen LogP contribution in [0, 0.1) is 11.7 Å². The fourth-order valence-corrected chi connectivity index (χ4v) is 3.91. The average Bonchev–Trinajstić information content (AvgIpc) is 2.62. The summed E-state index contributed by atoms with van der Waals surface area (Å²) in [5, 5.41) is 9.49. The Morgan fingerprint density at radius 1 is 1.08 bits per heavy atom. The van der Waals surface area contributed by atoms with Crippen molar-refractivity contribution in [3.63, 3.8) is 0 Å². The zero-order chi connectivity index (χ0) is 17.2. The molecule has 2 aromatic rings. The number of benzene rings is 1. The normalized spacial score (nSPS) is 24.2. The van der Waals surface area contributed by atoms with E-state index < -0.39 is 0 Å². The van der Waals surface area contributed by atoms with E-state index in [9.17, 15) is 9.50 Å². The second kappa shape index (κ2) is 7.08. The van der Waals surface area contributed by atoms with Gasteiger partial charge in [0.15, 0.2) is 0 Å². The zero-order valence-electron chi connectivity index (χ0n) is 14.3. The summed E-state index contributed by atoms with van der Waals surface area (Å²) < 4.78 is 13.0. The topological polar surface area (TPSA) is 49.2 Å². The first-order valence-corrected chi connectivity index (χ1v) is 9.17. The van der Waals surface area contributed by atoms with Crippen molar-refractivity contribution >= 4 is 5.82 Å². The number of hydrogen-bond acceptors (Lipinski definition) is 4. The Balaban J connectivity index is 1.34. The summed E-state index contributed by atoms with van der Waals surface area (Å²) in [5.74, 6) is 1.86. The highest BCUT2D eigenvalue weighted by Crippen LogP contribution is 2.36. The summed E-state index contributed by atoms with van der Waals surface area (Å²) in [4.78, 5) is 11.2. The fourth-order valence-electron chi connectivity index (χ4n) is 3.91. The van der Waals surface area contributed by atoms with Gasteiger partial charge in [0.1, 0.15) is 18.0 Å². The smallest absolute Gasteiger partial charge is 0.132 e. The molecule has 2 heterocycles. The molecule has 1 aliphatic heterocycles. The lowest BCUT2D eigenvalue weighted by molar-refractivity contribution is 0.0732. The number of aromatic nitrogens is 2. The molecule has 1 aliphatic carbocycles. The van der Waals surface area contributed by atoms with Crippen LogP contribution in [0.4, 0.5) is 10.2 Å².